The van der Waals surface area contributed by atoms with Crippen LogP contribution in [0.4, 0.5) is 0 Å². The lowest BCUT2D eigenvalue weighted by atomic mass is 9.90. The summed E-state index contributed by atoms with van der Waals surface area (Å²) in [4.78, 5) is 34.4. The Morgan fingerprint density at radius 3 is 2.08 bits per heavy atom. The number of esters is 2. The predicted octanol–water partition coefficient (Wildman–Crippen LogP) is 1.63. The van der Waals surface area contributed by atoms with E-state index < -0.39 is 36.4 Å². The van der Waals surface area contributed by atoms with E-state index in [1.807, 2.05) is 13.8 Å². The van der Waals surface area contributed by atoms with Gasteiger partial charge in [0.1, 0.15) is 6.10 Å². The molecule has 0 aromatic rings. The molecule has 1 rings (SSSR count). The number of carbonyl (C=O) groups is 3. The summed E-state index contributed by atoms with van der Waals surface area (Å²) in [6, 6.07) is 0. The maximum atomic E-state index is 11.9. The molecule has 0 spiro atoms. The smallest absolute Gasteiger partial charge is 0.306 e. The van der Waals surface area contributed by atoms with Crippen molar-refractivity contribution in [2.45, 2.75) is 77.3 Å². The summed E-state index contributed by atoms with van der Waals surface area (Å²) < 4.78 is 16.0. The van der Waals surface area contributed by atoms with Crippen molar-refractivity contribution in [1.29, 1.82) is 0 Å². The van der Waals surface area contributed by atoms with Gasteiger partial charge in [-0.3, -0.25) is 14.4 Å². The average Bonchev–Trinajstić information content (AvgIpc) is 2.53. The summed E-state index contributed by atoms with van der Waals surface area (Å²) in [5, 5.41) is 18.8. The first-order chi connectivity index (χ1) is 11.9. The molecule has 0 radical (unpaired) electrons. The number of carbonyl (C=O) groups excluding carboxylic acids is 2. The molecule has 1 fully saturated rings. The standard InChI is InChI=1S/C17H28O8/c1-3-6-13(20)24-15-11(8-5-9-12(18)19)10-23-17(22)16(15)25-14(21)7-4-2/h11,15-17,22H,3-10H2,1-2H3,(H,18,19)/t11-,15-,16-,17?/m1/s1. The van der Waals surface area contributed by atoms with Crippen LogP contribution >= 0.6 is 0 Å². The van der Waals surface area contributed by atoms with E-state index in [2.05, 4.69) is 0 Å². The monoisotopic (exact) mass is 360 g/mol. The molecule has 0 aromatic heterocycles. The fraction of sp³-hybridized carbons (Fsp3) is 0.824. The lowest BCUT2D eigenvalue weighted by Crippen LogP contribution is -2.54. The highest BCUT2D eigenvalue weighted by molar-refractivity contribution is 5.70. The Balaban J connectivity index is 2.83. The molecule has 1 saturated heterocycles. The van der Waals surface area contributed by atoms with Gasteiger partial charge in [0.25, 0.3) is 0 Å². The maximum absolute atomic E-state index is 11.9. The Morgan fingerprint density at radius 2 is 1.56 bits per heavy atom. The number of hydrogen-bond acceptors (Lipinski definition) is 7. The van der Waals surface area contributed by atoms with E-state index in [9.17, 15) is 19.5 Å². The molecule has 0 aromatic carbocycles. The van der Waals surface area contributed by atoms with Gasteiger partial charge in [-0.2, -0.15) is 0 Å². The fourth-order valence-corrected chi connectivity index (χ4v) is 2.72. The van der Waals surface area contributed by atoms with Crippen molar-refractivity contribution in [3.8, 4) is 0 Å². The number of aliphatic carboxylic acids is 1. The largest absolute Gasteiger partial charge is 0.481 e. The van der Waals surface area contributed by atoms with Gasteiger partial charge < -0.3 is 24.4 Å². The van der Waals surface area contributed by atoms with Crippen LogP contribution in [0.1, 0.15) is 58.8 Å². The predicted molar refractivity (Wildman–Crippen MR) is 86.5 cm³/mol. The molecule has 25 heavy (non-hydrogen) atoms. The van der Waals surface area contributed by atoms with Gasteiger partial charge in [0.2, 0.25) is 0 Å². The van der Waals surface area contributed by atoms with E-state index in [0.717, 1.165) is 0 Å². The molecule has 144 valence electrons. The van der Waals surface area contributed by atoms with Gasteiger partial charge in [-0.25, -0.2) is 0 Å². The van der Waals surface area contributed by atoms with E-state index >= 15 is 0 Å². The number of aliphatic hydroxyl groups is 1. The first-order valence-corrected chi connectivity index (χ1v) is 8.79. The molecule has 1 aliphatic heterocycles. The summed E-state index contributed by atoms with van der Waals surface area (Å²) in [5.41, 5.74) is 0. The number of rotatable bonds is 10. The highest BCUT2D eigenvalue weighted by Gasteiger charge is 2.44. The molecule has 1 unspecified atom stereocenters. The van der Waals surface area contributed by atoms with Crippen LogP contribution in [0, 0.1) is 5.92 Å². The topological polar surface area (TPSA) is 119 Å². The molecule has 0 aliphatic carbocycles. The zero-order valence-electron chi connectivity index (χ0n) is 14.8. The lowest BCUT2D eigenvalue weighted by molar-refractivity contribution is -0.255. The summed E-state index contributed by atoms with van der Waals surface area (Å²) in [7, 11) is 0. The van der Waals surface area contributed by atoms with Gasteiger partial charge in [0.05, 0.1) is 6.61 Å². The van der Waals surface area contributed by atoms with Crippen LogP contribution in [0.3, 0.4) is 0 Å². The number of carboxylic acids is 1. The summed E-state index contributed by atoms with van der Waals surface area (Å²) >= 11 is 0. The zero-order valence-corrected chi connectivity index (χ0v) is 14.8. The third kappa shape index (κ3) is 7.39. The first-order valence-electron chi connectivity index (χ1n) is 8.79. The van der Waals surface area contributed by atoms with E-state index in [1.165, 1.54) is 0 Å². The van der Waals surface area contributed by atoms with E-state index in [0.29, 0.717) is 25.7 Å². The van der Waals surface area contributed by atoms with Crippen molar-refractivity contribution in [2.75, 3.05) is 6.61 Å². The number of aliphatic hydroxyl groups excluding tert-OH is 1. The van der Waals surface area contributed by atoms with E-state index in [-0.39, 0.29) is 31.8 Å². The molecule has 0 amide bonds. The van der Waals surface area contributed by atoms with Crippen LogP contribution in [-0.2, 0) is 28.6 Å². The number of hydrogen-bond donors (Lipinski definition) is 2. The second-order valence-corrected chi connectivity index (χ2v) is 6.18. The number of carboxylic acid groups (broad SMARTS) is 1. The second kappa shape index (κ2) is 11.0. The van der Waals surface area contributed by atoms with Crippen molar-refractivity contribution in [3.05, 3.63) is 0 Å². The average molecular weight is 360 g/mol. The SMILES string of the molecule is CCCC(=O)O[C@@H]1[C@H](CCCC(=O)O)COC(O)[C@@H]1OC(=O)CCC. The molecule has 4 atom stereocenters. The Hall–Kier alpha value is -1.67. The minimum Gasteiger partial charge on any atom is -0.481 e. The zero-order chi connectivity index (χ0) is 18.8. The molecule has 8 heteroatoms. The third-order valence-electron chi connectivity index (χ3n) is 3.96. The van der Waals surface area contributed by atoms with Crippen LogP contribution < -0.4 is 0 Å². The van der Waals surface area contributed by atoms with Gasteiger partial charge >= 0.3 is 17.9 Å². The van der Waals surface area contributed by atoms with Gasteiger partial charge in [0, 0.05) is 25.2 Å². The first kappa shape index (κ1) is 21.4. The van der Waals surface area contributed by atoms with Gasteiger partial charge in [-0.1, -0.05) is 13.8 Å². The molecule has 1 heterocycles. The van der Waals surface area contributed by atoms with Crippen LogP contribution in [0.2, 0.25) is 0 Å². The summed E-state index contributed by atoms with van der Waals surface area (Å²) in [6.45, 7) is 3.76. The molecule has 0 saturated carbocycles. The van der Waals surface area contributed by atoms with Crippen molar-refractivity contribution in [1.82, 2.24) is 0 Å². The highest BCUT2D eigenvalue weighted by Crippen LogP contribution is 2.29. The van der Waals surface area contributed by atoms with Crippen molar-refractivity contribution in [2.24, 2.45) is 5.92 Å². The van der Waals surface area contributed by atoms with Crippen LogP contribution in [0.5, 0.6) is 0 Å². The van der Waals surface area contributed by atoms with E-state index in [4.69, 9.17) is 19.3 Å². The molecular formula is C17H28O8. The van der Waals surface area contributed by atoms with Gasteiger partial charge in [-0.15, -0.1) is 0 Å². The summed E-state index contributed by atoms with van der Waals surface area (Å²) in [5.74, 6) is -2.20. The molecule has 1 aliphatic rings. The highest BCUT2D eigenvalue weighted by atomic mass is 16.7. The Morgan fingerprint density at radius 1 is 1.00 bits per heavy atom. The Bertz CT molecular complexity index is 450. The van der Waals surface area contributed by atoms with E-state index in [1.54, 1.807) is 0 Å². The van der Waals surface area contributed by atoms with Crippen LogP contribution in [0.15, 0.2) is 0 Å². The molecule has 0 bridgehead atoms. The molecule has 2 N–H and O–H groups in total. The fourth-order valence-electron chi connectivity index (χ4n) is 2.72. The second-order valence-electron chi connectivity index (χ2n) is 6.18. The van der Waals surface area contributed by atoms with Crippen molar-refractivity contribution < 1.29 is 38.8 Å². The van der Waals surface area contributed by atoms with Crippen LogP contribution in [0.25, 0.3) is 0 Å². The Labute approximate surface area is 147 Å². The lowest BCUT2D eigenvalue weighted by Gasteiger charge is -2.39. The van der Waals surface area contributed by atoms with Gasteiger partial charge in [0.15, 0.2) is 12.4 Å². The molecular weight excluding hydrogens is 332 g/mol. The summed E-state index contributed by atoms with van der Waals surface area (Å²) in [6.07, 6.45) is -0.972. The van der Waals surface area contributed by atoms with Gasteiger partial charge in [-0.05, 0) is 25.7 Å². The normalized spacial score (nSPS) is 26.0. The van der Waals surface area contributed by atoms with Crippen molar-refractivity contribution >= 4 is 17.9 Å². The quantitative estimate of drug-likeness (QED) is 0.564. The Kier molecular flexibility index (Phi) is 9.44. The number of ether oxygens (including phenoxy) is 3. The third-order valence-corrected chi connectivity index (χ3v) is 3.96. The minimum absolute atomic E-state index is 0.0189. The maximum Gasteiger partial charge on any atom is 0.306 e. The minimum atomic E-state index is -1.38. The molecule has 8 nitrogen and oxygen atoms in total. The van der Waals surface area contributed by atoms with Crippen LogP contribution in [-0.4, -0.2) is 53.2 Å². The van der Waals surface area contributed by atoms with Crippen molar-refractivity contribution in [3.63, 3.8) is 0 Å².